The molecule has 3 nitrogen and oxygen atoms in total. The van der Waals surface area contributed by atoms with Gasteiger partial charge in [-0.1, -0.05) is 65.7 Å². The molecule has 0 unspecified atom stereocenters. The van der Waals surface area contributed by atoms with Crippen LogP contribution in [0.3, 0.4) is 0 Å². The zero-order chi connectivity index (χ0) is 20.4. The molecular formula is C24H15Cl2NO2. The molecule has 0 aromatic heterocycles. The van der Waals surface area contributed by atoms with Crippen LogP contribution in [0, 0.1) is 0 Å². The Hall–Kier alpha value is -3.14. The number of rotatable bonds is 3. The fourth-order valence-corrected chi connectivity index (χ4v) is 3.36. The van der Waals surface area contributed by atoms with Crippen LogP contribution in [-0.2, 0) is 9.59 Å². The Balaban J connectivity index is 1.84. The van der Waals surface area contributed by atoms with Gasteiger partial charge < -0.3 is 0 Å². The first kappa shape index (κ1) is 19.2. The Morgan fingerprint density at radius 2 is 1.00 bits per heavy atom. The molecule has 5 heteroatoms. The predicted molar refractivity (Wildman–Crippen MR) is 118 cm³/mol. The molecule has 0 saturated carbocycles. The molecule has 0 spiro atoms. The molecule has 1 saturated heterocycles. The van der Waals surface area contributed by atoms with Crippen molar-refractivity contribution in [1.82, 2.24) is 0 Å². The first-order valence-corrected chi connectivity index (χ1v) is 9.67. The second-order valence-electron chi connectivity index (χ2n) is 6.50. The number of carbonyl (C=O) groups is 2. The average Bonchev–Trinajstić information content (AvgIpc) is 2.96. The summed E-state index contributed by atoms with van der Waals surface area (Å²) in [6, 6.07) is 23.1. The Morgan fingerprint density at radius 1 is 0.586 bits per heavy atom. The summed E-state index contributed by atoms with van der Waals surface area (Å²) in [6.07, 6.45) is 3.42. The van der Waals surface area contributed by atoms with Crippen LogP contribution >= 0.6 is 23.2 Å². The lowest BCUT2D eigenvalue weighted by atomic mass is 10.0. The third-order valence-electron chi connectivity index (χ3n) is 4.53. The zero-order valence-electron chi connectivity index (χ0n) is 15.2. The van der Waals surface area contributed by atoms with Crippen molar-refractivity contribution >= 4 is 52.9 Å². The lowest BCUT2D eigenvalue weighted by Gasteiger charge is -2.12. The maximum Gasteiger partial charge on any atom is 0.266 e. The van der Waals surface area contributed by atoms with Gasteiger partial charge in [-0.15, -0.1) is 0 Å². The van der Waals surface area contributed by atoms with Crippen molar-refractivity contribution in [3.8, 4) is 0 Å². The van der Waals surface area contributed by atoms with Gasteiger partial charge >= 0.3 is 0 Å². The van der Waals surface area contributed by atoms with Gasteiger partial charge in [0.2, 0.25) is 0 Å². The number of hydrogen-bond donors (Lipinski definition) is 0. The van der Waals surface area contributed by atoms with Gasteiger partial charge in [0.15, 0.2) is 0 Å². The van der Waals surface area contributed by atoms with E-state index in [0.717, 1.165) is 11.1 Å². The molecule has 2 amide bonds. The number of para-hydroxylation sites is 1. The molecule has 0 bridgehead atoms. The first-order chi connectivity index (χ1) is 14.0. The van der Waals surface area contributed by atoms with E-state index in [2.05, 4.69) is 0 Å². The minimum atomic E-state index is -0.364. The van der Waals surface area contributed by atoms with E-state index in [-0.39, 0.29) is 11.8 Å². The first-order valence-electron chi connectivity index (χ1n) is 8.92. The molecule has 4 rings (SSSR count). The summed E-state index contributed by atoms with van der Waals surface area (Å²) in [6.45, 7) is 0. The van der Waals surface area contributed by atoms with Crippen molar-refractivity contribution in [1.29, 1.82) is 0 Å². The van der Waals surface area contributed by atoms with E-state index in [1.54, 1.807) is 84.9 Å². The standard InChI is InChI=1S/C24H15Cl2NO2/c25-18-10-6-16(7-11-18)14-21-22(15-17-8-12-19(26)13-9-17)24(29)27(23(21)28)20-4-2-1-3-5-20/h1-15H/b21-14+,22-15+. The lowest BCUT2D eigenvalue weighted by Crippen LogP contribution is -2.29. The van der Waals surface area contributed by atoms with Crippen LogP contribution in [0.1, 0.15) is 11.1 Å². The van der Waals surface area contributed by atoms with Crippen LogP contribution in [0.25, 0.3) is 12.2 Å². The van der Waals surface area contributed by atoms with E-state index in [9.17, 15) is 9.59 Å². The smallest absolute Gasteiger partial charge is 0.266 e. The molecule has 1 fully saturated rings. The molecule has 0 aliphatic carbocycles. The number of nitrogens with zero attached hydrogens (tertiary/aromatic N) is 1. The van der Waals surface area contributed by atoms with Crippen molar-refractivity contribution in [3.63, 3.8) is 0 Å². The Bertz CT molecular complexity index is 1060. The van der Waals surface area contributed by atoms with Crippen LogP contribution in [0.2, 0.25) is 10.0 Å². The molecule has 0 atom stereocenters. The Morgan fingerprint density at radius 3 is 1.41 bits per heavy atom. The van der Waals surface area contributed by atoms with Crippen LogP contribution in [0.5, 0.6) is 0 Å². The van der Waals surface area contributed by atoms with Crippen LogP contribution in [0.15, 0.2) is 90.0 Å². The summed E-state index contributed by atoms with van der Waals surface area (Å²) in [4.78, 5) is 27.6. The van der Waals surface area contributed by atoms with Gasteiger partial charge in [0.05, 0.1) is 16.8 Å². The minimum absolute atomic E-state index is 0.330. The zero-order valence-corrected chi connectivity index (χ0v) is 16.7. The minimum Gasteiger partial charge on any atom is -0.268 e. The molecule has 1 aliphatic heterocycles. The summed E-state index contributed by atoms with van der Waals surface area (Å²) in [5.74, 6) is -0.729. The summed E-state index contributed by atoms with van der Waals surface area (Å²) in [5.41, 5.74) is 2.75. The summed E-state index contributed by atoms with van der Waals surface area (Å²) >= 11 is 11.9. The van der Waals surface area contributed by atoms with E-state index in [0.29, 0.717) is 26.9 Å². The second kappa shape index (κ2) is 8.08. The molecule has 1 heterocycles. The number of benzene rings is 3. The predicted octanol–water partition coefficient (Wildman–Crippen LogP) is 6.03. The third kappa shape index (κ3) is 4.02. The number of carbonyl (C=O) groups excluding carboxylic acids is 2. The number of halogens is 2. The maximum atomic E-state index is 13.2. The molecule has 1 aliphatic rings. The lowest BCUT2D eigenvalue weighted by molar-refractivity contribution is -0.119. The Kier molecular flexibility index (Phi) is 5.34. The highest BCUT2D eigenvalue weighted by atomic mass is 35.5. The molecular weight excluding hydrogens is 405 g/mol. The van der Waals surface area contributed by atoms with Gasteiger partial charge in [-0.05, 0) is 59.7 Å². The molecule has 142 valence electrons. The maximum absolute atomic E-state index is 13.2. The summed E-state index contributed by atoms with van der Waals surface area (Å²) in [5, 5.41) is 1.20. The number of amides is 2. The van der Waals surface area contributed by atoms with E-state index in [4.69, 9.17) is 23.2 Å². The van der Waals surface area contributed by atoms with E-state index in [1.165, 1.54) is 4.90 Å². The Labute approximate surface area is 178 Å². The number of anilines is 1. The van der Waals surface area contributed by atoms with E-state index in [1.807, 2.05) is 6.07 Å². The summed E-state index contributed by atoms with van der Waals surface area (Å²) in [7, 11) is 0. The van der Waals surface area contributed by atoms with Crippen molar-refractivity contribution < 1.29 is 9.59 Å². The normalized spacial score (nSPS) is 16.8. The van der Waals surface area contributed by atoms with E-state index < -0.39 is 0 Å². The molecule has 3 aromatic carbocycles. The topological polar surface area (TPSA) is 37.4 Å². The van der Waals surface area contributed by atoms with Crippen molar-refractivity contribution in [3.05, 3.63) is 111 Å². The van der Waals surface area contributed by atoms with Crippen molar-refractivity contribution in [2.24, 2.45) is 0 Å². The van der Waals surface area contributed by atoms with Gasteiger partial charge in [0.1, 0.15) is 0 Å². The highest BCUT2D eigenvalue weighted by molar-refractivity contribution is 6.39. The molecule has 0 N–H and O–H groups in total. The molecule has 29 heavy (non-hydrogen) atoms. The van der Waals surface area contributed by atoms with Crippen LogP contribution in [-0.4, -0.2) is 11.8 Å². The largest absolute Gasteiger partial charge is 0.268 e. The monoisotopic (exact) mass is 419 g/mol. The summed E-state index contributed by atoms with van der Waals surface area (Å²) < 4.78 is 0. The number of hydrogen-bond acceptors (Lipinski definition) is 2. The van der Waals surface area contributed by atoms with Gasteiger partial charge in [0, 0.05) is 10.0 Å². The van der Waals surface area contributed by atoms with Gasteiger partial charge in [-0.2, -0.15) is 0 Å². The third-order valence-corrected chi connectivity index (χ3v) is 5.04. The highest BCUT2D eigenvalue weighted by Gasteiger charge is 2.39. The van der Waals surface area contributed by atoms with Gasteiger partial charge in [-0.3, -0.25) is 9.59 Å². The molecule has 0 radical (unpaired) electrons. The molecule has 3 aromatic rings. The van der Waals surface area contributed by atoms with E-state index >= 15 is 0 Å². The second-order valence-corrected chi connectivity index (χ2v) is 7.37. The van der Waals surface area contributed by atoms with Crippen LogP contribution in [0.4, 0.5) is 5.69 Å². The number of imide groups is 1. The van der Waals surface area contributed by atoms with Crippen molar-refractivity contribution in [2.45, 2.75) is 0 Å². The fraction of sp³-hybridized carbons (Fsp3) is 0. The quantitative estimate of drug-likeness (QED) is 0.383. The van der Waals surface area contributed by atoms with Crippen molar-refractivity contribution in [2.75, 3.05) is 4.90 Å². The van der Waals surface area contributed by atoms with Crippen LogP contribution < -0.4 is 4.90 Å². The van der Waals surface area contributed by atoms with Gasteiger partial charge in [0.25, 0.3) is 11.8 Å². The van der Waals surface area contributed by atoms with Gasteiger partial charge in [-0.25, -0.2) is 4.90 Å². The highest BCUT2D eigenvalue weighted by Crippen LogP contribution is 2.33. The fourth-order valence-electron chi connectivity index (χ4n) is 3.11. The SMILES string of the molecule is O=C1C(=C/c2ccc(Cl)cc2)/C(=C\c2ccc(Cl)cc2)C(=O)N1c1ccccc1. The average molecular weight is 420 g/mol.